The molecule has 0 amide bonds. The Balaban J connectivity index is 2.42. The molecular formula is C10H21NO. The second-order valence-corrected chi connectivity index (χ2v) is 4.17. The van der Waals surface area contributed by atoms with Crippen LogP contribution in [0, 0.1) is 17.8 Å². The van der Waals surface area contributed by atoms with E-state index in [0.717, 1.165) is 37.3 Å². The minimum absolute atomic E-state index is 0.355. The number of aliphatic hydroxyl groups excluding tert-OH is 1. The van der Waals surface area contributed by atoms with Gasteiger partial charge in [0.2, 0.25) is 0 Å². The van der Waals surface area contributed by atoms with Gasteiger partial charge in [-0.3, -0.25) is 0 Å². The fraction of sp³-hybridized carbons (Fsp3) is 1.00. The van der Waals surface area contributed by atoms with Crippen molar-refractivity contribution in [3.63, 3.8) is 0 Å². The van der Waals surface area contributed by atoms with Gasteiger partial charge in [-0.2, -0.15) is 0 Å². The molecule has 0 aromatic carbocycles. The molecule has 0 aromatic rings. The van der Waals surface area contributed by atoms with E-state index in [1.54, 1.807) is 0 Å². The molecule has 2 nitrogen and oxygen atoms in total. The van der Waals surface area contributed by atoms with Crippen molar-refractivity contribution < 1.29 is 5.11 Å². The fourth-order valence-corrected chi connectivity index (χ4v) is 2.24. The molecule has 0 saturated carbocycles. The molecule has 0 aromatic heterocycles. The summed E-state index contributed by atoms with van der Waals surface area (Å²) in [6, 6.07) is 0. The normalized spacial score (nSPS) is 31.0. The summed E-state index contributed by atoms with van der Waals surface area (Å²) in [5, 5.41) is 12.3. The third-order valence-electron chi connectivity index (χ3n) is 3.03. The Morgan fingerprint density at radius 3 is 2.83 bits per heavy atom. The Morgan fingerprint density at radius 2 is 2.25 bits per heavy atom. The van der Waals surface area contributed by atoms with Crippen LogP contribution in [0.15, 0.2) is 0 Å². The standard InChI is InChI=1S/C10H21NO/c1-8(2)10-7-11-5-3-9(10)4-6-12/h8-12H,3-7H2,1-2H3. The average molecular weight is 171 g/mol. The summed E-state index contributed by atoms with van der Waals surface area (Å²) in [7, 11) is 0. The maximum atomic E-state index is 8.90. The van der Waals surface area contributed by atoms with Crippen LogP contribution in [-0.4, -0.2) is 24.8 Å². The number of hydrogen-bond donors (Lipinski definition) is 2. The van der Waals surface area contributed by atoms with Crippen molar-refractivity contribution in [2.24, 2.45) is 17.8 Å². The van der Waals surface area contributed by atoms with E-state index in [-0.39, 0.29) is 0 Å². The van der Waals surface area contributed by atoms with Gasteiger partial charge in [0.05, 0.1) is 0 Å². The van der Waals surface area contributed by atoms with E-state index >= 15 is 0 Å². The maximum Gasteiger partial charge on any atom is 0.0433 e. The number of aliphatic hydroxyl groups is 1. The van der Waals surface area contributed by atoms with Crippen LogP contribution >= 0.6 is 0 Å². The smallest absolute Gasteiger partial charge is 0.0433 e. The Labute approximate surface area is 75.4 Å². The van der Waals surface area contributed by atoms with Crippen LogP contribution in [0.2, 0.25) is 0 Å². The lowest BCUT2D eigenvalue weighted by atomic mass is 9.78. The summed E-state index contributed by atoms with van der Waals surface area (Å²) in [5.41, 5.74) is 0. The van der Waals surface area contributed by atoms with Crippen molar-refractivity contribution in [3.8, 4) is 0 Å². The van der Waals surface area contributed by atoms with Gasteiger partial charge in [0.25, 0.3) is 0 Å². The highest BCUT2D eigenvalue weighted by molar-refractivity contribution is 4.79. The van der Waals surface area contributed by atoms with Crippen LogP contribution in [-0.2, 0) is 0 Å². The minimum atomic E-state index is 0.355. The van der Waals surface area contributed by atoms with Crippen LogP contribution < -0.4 is 5.32 Å². The molecular weight excluding hydrogens is 150 g/mol. The zero-order valence-corrected chi connectivity index (χ0v) is 8.21. The molecule has 1 heterocycles. The zero-order chi connectivity index (χ0) is 8.97. The van der Waals surface area contributed by atoms with E-state index in [1.807, 2.05) is 0 Å². The van der Waals surface area contributed by atoms with Gasteiger partial charge >= 0.3 is 0 Å². The number of nitrogens with one attached hydrogen (secondary N) is 1. The van der Waals surface area contributed by atoms with E-state index in [4.69, 9.17) is 5.11 Å². The molecule has 0 spiro atoms. The molecule has 0 radical (unpaired) electrons. The van der Waals surface area contributed by atoms with E-state index in [2.05, 4.69) is 19.2 Å². The summed E-state index contributed by atoms with van der Waals surface area (Å²) in [4.78, 5) is 0. The van der Waals surface area contributed by atoms with Gasteiger partial charge in [-0.15, -0.1) is 0 Å². The van der Waals surface area contributed by atoms with Crippen LogP contribution in [0.1, 0.15) is 26.7 Å². The quantitative estimate of drug-likeness (QED) is 0.670. The SMILES string of the molecule is CC(C)C1CNCCC1CCO. The minimum Gasteiger partial charge on any atom is -0.396 e. The van der Waals surface area contributed by atoms with E-state index in [0.29, 0.717) is 6.61 Å². The lowest BCUT2D eigenvalue weighted by molar-refractivity contribution is 0.152. The molecule has 1 aliphatic rings. The van der Waals surface area contributed by atoms with Crippen LogP contribution in [0.25, 0.3) is 0 Å². The third kappa shape index (κ3) is 2.46. The van der Waals surface area contributed by atoms with Gasteiger partial charge in [0.1, 0.15) is 0 Å². The first-order valence-electron chi connectivity index (χ1n) is 5.07. The molecule has 0 bridgehead atoms. The molecule has 1 rings (SSSR count). The Bertz CT molecular complexity index is 123. The Kier molecular flexibility index (Phi) is 4.02. The fourth-order valence-electron chi connectivity index (χ4n) is 2.24. The van der Waals surface area contributed by atoms with Crippen molar-refractivity contribution in [1.82, 2.24) is 5.32 Å². The first kappa shape index (κ1) is 10.0. The topological polar surface area (TPSA) is 32.3 Å². The van der Waals surface area contributed by atoms with Crippen molar-refractivity contribution in [2.75, 3.05) is 19.7 Å². The summed E-state index contributed by atoms with van der Waals surface area (Å²) < 4.78 is 0. The molecule has 72 valence electrons. The second-order valence-electron chi connectivity index (χ2n) is 4.17. The van der Waals surface area contributed by atoms with Gasteiger partial charge in [-0.05, 0) is 43.7 Å². The highest BCUT2D eigenvalue weighted by Crippen LogP contribution is 2.28. The molecule has 2 N–H and O–H groups in total. The molecule has 1 saturated heterocycles. The Hall–Kier alpha value is -0.0800. The molecule has 12 heavy (non-hydrogen) atoms. The summed E-state index contributed by atoms with van der Waals surface area (Å²) >= 11 is 0. The number of rotatable bonds is 3. The lowest BCUT2D eigenvalue weighted by Gasteiger charge is -2.34. The van der Waals surface area contributed by atoms with E-state index in [9.17, 15) is 0 Å². The monoisotopic (exact) mass is 171 g/mol. The maximum absolute atomic E-state index is 8.90. The molecule has 2 heteroatoms. The van der Waals surface area contributed by atoms with Crippen molar-refractivity contribution in [2.45, 2.75) is 26.7 Å². The van der Waals surface area contributed by atoms with Gasteiger partial charge in [0.15, 0.2) is 0 Å². The van der Waals surface area contributed by atoms with E-state index < -0.39 is 0 Å². The molecule has 0 aliphatic carbocycles. The highest BCUT2D eigenvalue weighted by atomic mass is 16.3. The Morgan fingerprint density at radius 1 is 1.50 bits per heavy atom. The van der Waals surface area contributed by atoms with Gasteiger partial charge in [-0.1, -0.05) is 13.8 Å². The van der Waals surface area contributed by atoms with Crippen molar-refractivity contribution in [3.05, 3.63) is 0 Å². The highest BCUT2D eigenvalue weighted by Gasteiger charge is 2.26. The summed E-state index contributed by atoms with van der Waals surface area (Å²) in [6.07, 6.45) is 2.23. The zero-order valence-electron chi connectivity index (χ0n) is 8.21. The van der Waals surface area contributed by atoms with Crippen molar-refractivity contribution >= 4 is 0 Å². The first-order valence-corrected chi connectivity index (χ1v) is 5.07. The first-order chi connectivity index (χ1) is 5.75. The predicted octanol–water partition coefficient (Wildman–Crippen LogP) is 1.25. The largest absolute Gasteiger partial charge is 0.396 e. The number of hydrogen-bond acceptors (Lipinski definition) is 2. The van der Waals surface area contributed by atoms with Crippen molar-refractivity contribution in [1.29, 1.82) is 0 Å². The average Bonchev–Trinajstić information content (AvgIpc) is 2.05. The predicted molar refractivity (Wildman–Crippen MR) is 51.0 cm³/mol. The van der Waals surface area contributed by atoms with Crippen LogP contribution in [0.5, 0.6) is 0 Å². The van der Waals surface area contributed by atoms with Gasteiger partial charge < -0.3 is 10.4 Å². The lowest BCUT2D eigenvalue weighted by Crippen LogP contribution is -2.39. The van der Waals surface area contributed by atoms with Crippen LogP contribution in [0.4, 0.5) is 0 Å². The molecule has 2 atom stereocenters. The summed E-state index contributed by atoms with van der Waals surface area (Å²) in [5.74, 6) is 2.26. The van der Waals surface area contributed by atoms with E-state index in [1.165, 1.54) is 6.42 Å². The van der Waals surface area contributed by atoms with Gasteiger partial charge in [0, 0.05) is 6.61 Å². The molecule has 1 fully saturated rings. The summed E-state index contributed by atoms with van der Waals surface area (Å²) in [6.45, 7) is 7.19. The van der Waals surface area contributed by atoms with Gasteiger partial charge in [-0.25, -0.2) is 0 Å². The molecule has 2 unspecified atom stereocenters. The second kappa shape index (κ2) is 4.83. The third-order valence-corrected chi connectivity index (χ3v) is 3.03. The number of piperidine rings is 1. The molecule has 1 aliphatic heterocycles. The van der Waals surface area contributed by atoms with Crippen LogP contribution in [0.3, 0.4) is 0 Å².